The van der Waals surface area contributed by atoms with Crippen LogP contribution < -0.4 is 5.73 Å². The lowest BCUT2D eigenvalue weighted by molar-refractivity contribution is 0.0458. The van der Waals surface area contributed by atoms with Gasteiger partial charge in [-0.1, -0.05) is 39.5 Å². The highest BCUT2D eigenvalue weighted by Gasteiger charge is 2.35. The van der Waals surface area contributed by atoms with E-state index in [1.807, 2.05) is 0 Å². The van der Waals surface area contributed by atoms with Gasteiger partial charge in [0.25, 0.3) is 0 Å². The smallest absolute Gasteiger partial charge is 0.0138 e. The molecular formula is C19H38N2. The minimum absolute atomic E-state index is 0.743. The van der Waals surface area contributed by atoms with E-state index in [0.29, 0.717) is 0 Å². The second-order valence-corrected chi connectivity index (χ2v) is 7.78. The van der Waals surface area contributed by atoms with E-state index in [2.05, 4.69) is 25.8 Å². The first-order valence-electron chi connectivity index (χ1n) is 9.61. The highest BCUT2D eigenvalue weighted by molar-refractivity contribution is 4.90. The van der Waals surface area contributed by atoms with Gasteiger partial charge in [0.05, 0.1) is 0 Å². The molecule has 2 aliphatic rings. The molecule has 2 N–H and O–H groups in total. The van der Waals surface area contributed by atoms with Crippen molar-refractivity contribution in [2.45, 2.75) is 90.1 Å². The molecule has 0 spiro atoms. The predicted molar refractivity (Wildman–Crippen MR) is 92.4 cm³/mol. The molecule has 124 valence electrons. The summed E-state index contributed by atoms with van der Waals surface area (Å²) in [5.41, 5.74) is 6.10. The SMILES string of the molecule is CCCC1CCC(CN)C(N(C)C2CCC(CC)CC2)C1. The van der Waals surface area contributed by atoms with Gasteiger partial charge in [-0.25, -0.2) is 0 Å². The molecule has 2 nitrogen and oxygen atoms in total. The van der Waals surface area contributed by atoms with Crippen molar-refractivity contribution in [1.82, 2.24) is 4.90 Å². The largest absolute Gasteiger partial charge is 0.330 e. The van der Waals surface area contributed by atoms with E-state index in [1.165, 1.54) is 64.2 Å². The van der Waals surface area contributed by atoms with Gasteiger partial charge in [0.15, 0.2) is 0 Å². The van der Waals surface area contributed by atoms with Crippen LogP contribution in [0, 0.1) is 17.8 Å². The van der Waals surface area contributed by atoms with Crippen molar-refractivity contribution in [3.8, 4) is 0 Å². The standard InChI is InChI=1S/C19H38N2/c1-4-6-16-7-10-17(14-20)19(13-16)21(3)18-11-8-15(5-2)9-12-18/h15-19H,4-14,20H2,1-3H3. The van der Waals surface area contributed by atoms with Crippen molar-refractivity contribution in [2.24, 2.45) is 23.5 Å². The second kappa shape index (κ2) is 8.53. The molecule has 0 aromatic heterocycles. The van der Waals surface area contributed by atoms with Gasteiger partial charge in [-0.05, 0) is 69.9 Å². The van der Waals surface area contributed by atoms with Crippen LogP contribution in [0.1, 0.15) is 78.1 Å². The zero-order valence-electron chi connectivity index (χ0n) is 14.7. The minimum Gasteiger partial charge on any atom is -0.330 e. The first-order valence-corrected chi connectivity index (χ1v) is 9.61. The summed E-state index contributed by atoms with van der Waals surface area (Å²) in [6.45, 7) is 5.58. The predicted octanol–water partition coefficient (Wildman–Crippen LogP) is 4.43. The van der Waals surface area contributed by atoms with Crippen LogP contribution in [0.15, 0.2) is 0 Å². The van der Waals surface area contributed by atoms with Crippen molar-refractivity contribution >= 4 is 0 Å². The molecule has 2 fully saturated rings. The number of nitrogens with zero attached hydrogens (tertiary/aromatic N) is 1. The molecule has 0 saturated heterocycles. The Bertz CT molecular complexity index is 283. The van der Waals surface area contributed by atoms with E-state index in [0.717, 1.165) is 36.4 Å². The van der Waals surface area contributed by atoms with E-state index < -0.39 is 0 Å². The maximum Gasteiger partial charge on any atom is 0.0138 e. The summed E-state index contributed by atoms with van der Waals surface area (Å²) in [4.78, 5) is 2.76. The Kier molecular flexibility index (Phi) is 7.01. The molecule has 3 atom stereocenters. The maximum absolute atomic E-state index is 6.10. The zero-order valence-corrected chi connectivity index (χ0v) is 14.7. The average Bonchev–Trinajstić information content (AvgIpc) is 2.54. The third kappa shape index (κ3) is 4.45. The average molecular weight is 295 g/mol. The molecular weight excluding hydrogens is 256 g/mol. The Labute approximate surface area is 132 Å². The van der Waals surface area contributed by atoms with Gasteiger partial charge in [0, 0.05) is 12.1 Å². The summed E-state index contributed by atoms with van der Waals surface area (Å²) in [6.07, 6.45) is 14.1. The fraction of sp³-hybridized carbons (Fsp3) is 1.00. The zero-order chi connectivity index (χ0) is 15.2. The lowest BCUT2D eigenvalue weighted by atomic mass is 9.74. The molecule has 0 aromatic rings. The van der Waals surface area contributed by atoms with Crippen LogP contribution in [0.5, 0.6) is 0 Å². The molecule has 0 radical (unpaired) electrons. The Morgan fingerprint density at radius 3 is 2.19 bits per heavy atom. The van der Waals surface area contributed by atoms with Crippen molar-refractivity contribution in [2.75, 3.05) is 13.6 Å². The van der Waals surface area contributed by atoms with Crippen LogP contribution >= 0.6 is 0 Å². The summed E-state index contributed by atoms with van der Waals surface area (Å²) < 4.78 is 0. The first kappa shape index (κ1) is 17.3. The Morgan fingerprint density at radius 2 is 1.62 bits per heavy atom. The number of hydrogen-bond acceptors (Lipinski definition) is 2. The summed E-state index contributed by atoms with van der Waals surface area (Å²) in [6, 6.07) is 1.58. The third-order valence-electron chi connectivity index (χ3n) is 6.56. The highest BCUT2D eigenvalue weighted by atomic mass is 15.2. The molecule has 0 bridgehead atoms. The van der Waals surface area contributed by atoms with E-state index >= 15 is 0 Å². The van der Waals surface area contributed by atoms with Crippen LogP contribution in [0.3, 0.4) is 0 Å². The lowest BCUT2D eigenvalue weighted by Gasteiger charge is -2.46. The fourth-order valence-electron chi connectivity index (χ4n) is 4.97. The first-order chi connectivity index (χ1) is 10.2. The van der Waals surface area contributed by atoms with Crippen LogP contribution in [0.25, 0.3) is 0 Å². The maximum atomic E-state index is 6.10. The molecule has 0 amide bonds. The van der Waals surface area contributed by atoms with E-state index in [-0.39, 0.29) is 0 Å². The molecule has 2 heteroatoms. The van der Waals surface area contributed by atoms with E-state index in [9.17, 15) is 0 Å². The summed E-state index contributed by atoms with van der Waals surface area (Å²) in [7, 11) is 2.40. The van der Waals surface area contributed by atoms with Crippen LogP contribution in [-0.2, 0) is 0 Å². The fourth-order valence-corrected chi connectivity index (χ4v) is 4.97. The topological polar surface area (TPSA) is 29.3 Å². The van der Waals surface area contributed by atoms with Crippen LogP contribution in [0.2, 0.25) is 0 Å². The molecule has 2 saturated carbocycles. The number of nitrogens with two attached hydrogens (primary N) is 1. The van der Waals surface area contributed by atoms with Crippen molar-refractivity contribution in [1.29, 1.82) is 0 Å². The molecule has 3 unspecified atom stereocenters. The number of hydrogen-bond donors (Lipinski definition) is 1. The van der Waals surface area contributed by atoms with Crippen molar-refractivity contribution in [3.05, 3.63) is 0 Å². The molecule has 0 heterocycles. The van der Waals surface area contributed by atoms with Crippen LogP contribution in [0.4, 0.5) is 0 Å². The third-order valence-corrected chi connectivity index (χ3v) is 6.56. The summed E-state index contributed by atoms with van der Waals surface area (Å²) in [5, 5.41) is 0. The minimum atomic E-state index is 0.743. The Balaban J connectivity index is 1.92. The van der Waals surface area contributed by atoms with Gasteiger partial charge in [0.2, 0.25) is 0 Å². The number of rotatable bonds is 6. The molecule has 21 heavy (non-hydrogen) atoms. The summed E-state index contributed by atoms with van der Waals surface area (Å²) in [5.74, 6) is 2.70. The monoisotopic (exact) mass is 294 g/mol. The normalized spacial score (nSPS) is 37.9. The molecule has 2 rings (SSSR count). The van der Waals surface area contributed by atoms with Gasteiger partial charge >= 0.3 is 0 Å². The Hall–Kier alpha value is -0.0800. The van der Waals surface area contributed by atoms with Crippen LogP contribution in [-0.4, -0.2) is 30.6 Å². The van der Waals surface area contributed by atoms with Gasteiger partial charge in [-0.2, -0.15) is 0 Å². The molecule has 2 aliphatic carbocycles. The van der Waals surface area contributed by atoms with Gasteiger partial charge in [0.1, 0.15) is 0 Å². The second-order valence-electron chi connectivity index (χ2n) is 7.78. The molecule has 0 aliphatic heterocycles. The van der Waals surface area contributed by atoms with Gasteiger partial charge in [-0.15, -0.1) is 0 Å². The van der Waals surface area contributed by atoms with E-state index in [4.69, 9.17) is 5.73 Å². The quantitative estimate of drug-likeness (QED) is 0.785. The highest BCUT2D eigenvalue weighted by Crippen LogP contribution is 2.37. The lowest BCUT2D eigenvalue weighted by Crippen LogP contribution is -2.50. The Morgan fingerprint density at radius 1 is 0.952 bits per heavy atom. The van der Waals surface area contributed by atoms with Crippen molar-refractivity contribution in [3.63, 3.8) is 0 Å². The van der Waals surface area contributed by atoms with E-state index in [1.54, 1.807) is 0 Å². The van der Waals surface area contributed by atoms with Gasteiger partial charge < -0.3 is 10.6 Å². The van der Waals surface area contributed by atoms with Crippen molar-refractivity contribution < 1.29 is 0 Å². The van der Waals surface area contributed by atoms with Gasteiger partial charge in [-0.3, -0.25) is 0 Å². The summed E-state index contributed by atoms with van der Waals surface area (Å²) >= 11 is 0. The molecule has 0 aromatic carbocycles.